The number of hydrogen-bond donors (Lipinski definition) is 1. The van der Waals surface area contributed by atoms with E-state index in [-0.39, 0.29) is 16.8 Å². The summed E-state index contributed by atoms with van der Waals surface area (Å²) >= 11 is 3.67. The number of nitrogens with zero attached hydrogens (tertiary/aromatic N) is 1. The maximum absolute atomic E-state index is 13.0. The number of nitrogens with one attached hydrogen (secondary N) is 1. The van der Waals surface area contributed by atoms with Crippen molar-refractivity contribution in [1.29, 1.82) is 0 Å². The lowest BCUT2D eigenvalue weighted by Crippen LogP contribution is -2.48. The molecule has 1 N–H and O–H groups in total. The second kappa shape index (κ2) is 5.60. The van der Waals surface area contributed by atoms with Crippen LogP contribution in [0, 0.1) is 0 Å². The molecule has 2 atom stereocenters. The first-order valence-corrected chi connectivity index (χ1v) is 9.81. The van der Waals surface area contributed by atoms with Crippen LogP contribution in [0.5, 0.6) is 0 Å². The fraction of sp³-hybridized carbons (Fsp3) is 0.688. The maximum Gasteiger partial charge on any atom is 0.244 e. The van der Waals surface area contributed by atoms with Gasteiger partial charge >= 0.3 is 0 Å². The molecule has 1 saturated carbocycles. The topological polar surface area (TPSA) is 32.3 Å². The fourth-order valence-corrected chi connectivity index (χ4v) is 5.02. The van der Waals surface area contributed by atoms with E-state index in [0.29, 0.717) is 0 Å². The van der Waals surface area contributed by atoms with Crippen molar-refractivity contribution in [2.24, 2.45) is 0 Å². The van der Waals surface area contributed by atoms with Crippen LogP contribution in [0.1, 0.15) is 50.6 Å². The van der Waals surface area contributed by atoms with E-state index in [1.54, 1.807) is 11.3 Å². The Morgan fingerprint density at radius 2 is 2.29 bits per heavy atom. The summed E-state index contributed by atoms with van der Waals surface area (Å²) in [6.45, 7) is 5.01. The molecule has 3 rings (SSSR count). The molecule has 0 bridgehead atoms. The highest BCUT2D eigenvalue weighted by Gasteiger charge is 2.51. The molecule has 2 heterocycles. The predicted octanol–water partition coefficient (Wildman–Crippen LogP) is 3.63. The van der Waals surface area contributed by atoms with E-state index in [9.17, 15) is 4.79 Å². The summed E-state index contributed by atoms with van der Waals surface area (Å²) in [5.74, 6) is 0.267. The third-order valence-corrected chi connectivity index (χ3v) is 7.50. The molecular formula is C16H24N2OS2. The van der Waals surface area contributed by atoms with Gasteiger partial charge in [0.15, 0.2) is 0 Å². The number of hydrogen-bond acceptors (Lipinski definition) is 4. The average molecular weight is 325 g/mol. The van der Waals surface area contributed by atoms with Crippen LogP contribution in [-0.4, -0.2) is 33.9 Å². The monoisotopic (exact) mass is 324 g/mol. The van der Waals surface area contributed by atoms with Gasteiger partial charge in [0.05, 0.1) is 5.54 Å². The molecule has 21 heavy (non-hydrogen) atoms. The van der Waals surface area contributed by atoms with E-state index in [4.69, 9.17) is 0 Å². The van der Waals surface area contributed by atoms with Crippen molar-refractivity contribution < 1.29 is 4.79 Å². The van der Waals surface area contributed by atoms with Crippen LogP contribution in [0.4, 0.5) is 0 Å². The highest BCUT2D eigenvalue weighted by Crippen LogP contribution is 2.46. The SMILES string of the molecule is CCC1(C)NC(c2cccs2)N(CC2(SC)CCC2)C1=O. The Hall–Kier alpha value is -0.520. The van der Waals surface area contributed by atoms with Crippen molar-refractivity contribution in [2.45, 2.75) is 56.0 Å². The van der Waals surface area contributed by atoms with E-state index in [0.717, 1.165) is 13.0 Å². The first-order valence-electron chi connectivity index (χ1n) is 7.71. The standard InChI is InChI=1S/C16H24N2OS2/c1-4-15(2)14(19)18(11-16(20-3)8-6-9-16)13(17-15)12-7-5-10-21-12/h5,7,10,13,17H,4,6,8-9,11H2,1-3H3. The van der Waals surface area contributed by atoms with E-state index in [1.807, 2.05) is 18.7 Å². The molecule has 1 aliphatic carbocycles. The third kappa shape index (κ3) is 2.53. The second-order valence-electron chi connectivity index (χ2n) is 6.42. The number of carbonyl (C=O) groups excluding carboxylic acids is 1. The van der Waals surface area contributed by atoms with Crippen LogP contribution in [0.25, 0.3) is 0 Å². The van der Waals surface area contributed by atoms with Crippen LogP contribution in [0.3, 0.4) is 0 Å². The van der Waals surface area contributed by atoms with Gasteiger partial charge < -0.3 is 4.90 Å². The van der Waals surface area contributed by atoms with Crippen LogP contribution < -0.4 is 5.32 Å². The quantitative estimate of drug-likeness (QED) is 0.897. The van der Waals surface area contributed by atoms with Crippen molar-refractivity contribution >= 4 is 29.0 Å². The van der Waals surface area contributed by atoms with Gasteiger partial charge in [-0.1, -0.05) is 19.4 Å². The lowest BCUT2D eigenvalue weighted by Gasteiger charge is -2.44. The number of amides is 1. The Morgan fingerprint density at radius 1 is 1.52 bits per heavy atom. The zero-order chi connectivity index (χ0) is 15.1. The van der Waals surface area contributed by atoms with Crippen molar-refractivity contribution in [2.75, 3.05) is 12.8 Å². The summed E-state index contributed by atoms with van der Waals surface area (Å²) in [5.41, 5.74) is -0.419. The maximum atomic E-state index is 13.0. The van der Waals surface area contributed by atoms with Gasteiger partial charge in [0, 0.05) is 16.2 Å². The van der Waals surface area contributed by atoms with Crippen LogP contribution >= 0.6 is 23.1 Å². The first kappa shape index (κ1) is 15.4. The van der Waals surface area contributed by atoms with Gasteiger partial charge in [0.2, 0.25) is 5.91 Å². The molecule has 1 amide bonds. The summed E-state index contributed by atoms with van der Waals surface area (Å²) < 4.78 is 0.284. The van der Waals surface area contributed by atoms with E-state index >= 15 is 0 Å². The minimum atomic E-state index is -0.419. The molecule has 1 saturated heterocycles. The lowest BCUT2D eigenvalue weighted by molar-refractivity contribution is -0.133. The summed E-state index contributed by atoms with van der Waals surface area (Å²) in [4.78, 5) is 16.3. The Balaban J connectivity index is 1.88. The molecule has 3 nitrogen and oxygen atoms in total. The Bertz CT molecular complexity index is 507. The van der Waals surface area contributed by atoms with Crippen molar-refractivity contribution in [3.63, 3.8) is 0 Å². The van der Waals surface area contributed by atoms with Gasteiger partial charge in [0.25, 0.3) is 0 Å². The van der Waals surface area contributed by atoms with Gasteiger partial charge in [-0.2, -0.15) is 11.8 Å². The smallest absolute Gasteiger partial charge is 0.244 e. The van der Waals surface area contributed by atoms with E-state index < -0.39 is 5.54 Å². The zero-order valence-electron chi connectivity index (χ0n) is 13.0. The predicted molar refractivity (Wildman–Crippen MR) is 90.7 cm³/mol. The van der Waals surface area contributed by atoms with Gasteiger partial charge in [-0.25, -0.2) is 0 Å². The van der Waals surface area contributed by atoms with Gasteiger partial charge in [-0.3, -0.25) is 10.1 Å². The molecule has 0 spiro atoms. The lowest BCUT2D eigenvalue weighted by atomic mass is 9.83. The Labute approximate surface area is 135 Å². The molecule has 0 radical (unpaired) electrons. The minimum Gasteiger partial charge on any atom is -0.319 e. The zero-order valence-corrected chi connectivity index (χ0v) is 14.6. The second-order valence-corrected chi connectivity index (χ2v) is 8.68. The first-order chi connectivity index (χ1) is 10.0. The highest BCUT2D eigenvalue weighted by molar-refractivity contribution is 8.00. The van der Waals surface area contributed by atoms with Crippen molar-refractivity contribution in [1.82, 2.24) is 10.2 Å². The molecule has 5 heteroatoms. The molecule has 2 unspecified atom stereocenters. The molecular weight excluding hydrogens is 300 g/mol. The summed E-state index contributed by atoms with van der Waals surface area (Å²) in [5, 5.41) is 5.68. The highest BCUT2D eigenvalue weighted by atomic mass is 32.2. The number of thiophene rings is 1. The van der Waals surface area contributed by atoms with Crippen molar-refractivity contribution in [3.05, 3.63) is 22.4 Å². The molecule has 1 aliphatic heterocycles. The summed E-state index contributed by atoms with van der Waals surface area (Å²) in [6.07, 6.45) is 6.83. The largest absolute Gasteiger partial charge is 0.319 e. The van der Waals surface area contributed by atoms with Crippen LogP contribution in [0.15, 0.2) is 17.5 Å². The summed E-state index contributed by atoms with van der Waals surface area (Å²) in [7, 11) is 0. The fourth-order valence-electron chi connectivity index (χ4n) is 3.27. The Kier molecular flexibility index (Phi) is 4.10. The summed E-state index contributed by atoms with van der Waals surface area (Å²) in [6, 6.07) is 4.20. The molecule has 116 valence electrons. The van der Waals surface area contributed by atoms with Crippen LogP contribution in [-0.2, 0) is 4.79 Å². The molecule has 2 fully saturated rings. The normalized spacial score (nSPS) is 31.5. The van der Waals surface area contributed by atoms with Gasteiger partial charge in [0.1, 0.15) is 6.17 Å². The van der Waals surface area contributed by atoms with Gasteiger partial charge in [-0.05, 0) is 43.9 Å². The van der Waals surface area contributed by atoms with Crippen LogP contribution in [0.2, 0.25) is 0 Å². The van der Waals surface area contributed by atoms with E-state index in [1.165, 1.54) is 24.1 Å². The van der Waals surface area contributed by atoms with Crippen molar-refractivity contribution in [3.8, 4) is 0 Å². The molecule has 0 aromatic carbocycles. The molecule has 1 aromatic rings. The average Bonchev–Trinajstić information content (AvgIpc) is 3.05. The van der Waals surface area contributed by atoms with Gasteiger partial charge in [-0.15, -0.1) is 11.3 Å². The Morgan fingerprint density at radius 3 is 2.76 bits per heavy atom. The number of thioether (sulfide) groups is 1. The number of carbonyl (C=O) groups is 1. The minimum absolute atomic E-state index is 0.0482. The molecule has 1 aromatic heterocycles. The third-order valence-electron chi connectivity index (χ3n) is 5.18. The van der Waals surface area contributed by atoms with E-state index in [2.05, 4.69) is 40.9 Å². The molecule has 2 aliphatic rings. The number of rotatable bonds is 5.